The number of likely N-dealkylation sites (tertiary alicyclic amines) is 1. The van der Waals surface area contributed by atoms with Gasteiger partial charge in [0.2, 0.25) is 11.8 Å². The summed E-state index contributed by atoms with van der Waals surface area (Å²) in [6.07, 6.45) is 1.73. The molecule has 0 radical (unpaired) electrons. The summed E-state index contributed by atoms with van der Waals surface area (Å²) in [7, 11) is 0. The molecule has 5 heteroatoms. The number of aryl methyl sites for hydroxylation is 1. The average molecular weight is 303 g/mol. The lowest BCUT2D eigenvalue weighted by atomic mass is 9.96. The van der Waals surface area contributed by atoms with Crippen molar-refractivity contribution >= 4 is 11.8 Å². The van der Waals surface area contributed by atoms with Gasteiger partial charge in [-0.25, -0.2) is 0 Å². The fourth-order valence-electron chi connectivity index (χ4n) is 2.80. The van der Waals surface area contributed by atoms with Gasteiger partial charge in [0.05, 0.1) is 12.0 Å². The van der Waals surface area contributed by atoms with Crippen LogP contribution in [0.4, 0.5) is 0 Å². The maximum atomic E-state index is 12.3. The molecule has 120 valence electrons. The quantitative estimate of drug-likeness (QED) is 0.858. The van der Waals surface area contributed by atoms with Crippen molar-refractivity contribution in [1.82, 2.24) is 10.2 Å². The predicted molar refractivity (Wildman–Crippen MR) is 86.0 cm³/mol. The highest BCUT2D eigenvalue weighted by atomic mass is 16.2. The first-order valence-electron chi connectivity index (χ1n) is 7.84. The van der Waals surface area contributed by atoms with Crippen molar-refractivity contribution in [3.63, 3.8) is 0 Å². The van der Waals surface area contributed by atoms with Crippen LogP contribution in [-0.4, -0.2) is 35.8 Å². The standard InChI is InChI=1S/C17H25N3O2/c1-12-5-7-14(8-6-12)10-19-17(22)13(2)20-9-3-4-15(11-20)16(18)21/h5-8,13,15H,3-4,9-11H2,1-2H3,(H2,18,21)(H,19,22)/t13-,15+/m0/s1. The van der Waals surface area contributed by atoms with Crippen LogP contribution >= 0.6 is 0 Å². The Hall–Kier alpha value is -1.88. The largest absolute Gasteiger partial charge is 0.369 e. The monoisotopic (exact) mass is 303 g/mol. The zero-order valence-electron chi connectivity index (χ0n) is 13.3. The lowest BCUT2D eigenvalue weighted by Crippen LogP contribution is -2.50. The number of hydrogen-bond donors (Lipinski definition) is 2. The number of nitrogens with zero attached hydrogens (tertiary/aromatic N) is 1. The Bertz CT molecular complexity index is 527. The van der Waals surface area contributed by atoms with Crippen LogP contribution < -0.4 is 11.1 Å². The van der Waals surface area contributed by atoms with E-state index >= 15 is 0 Å². The van der Waals surface area contributed by atoms with E-state index in [1.54, 1.807) is 0 Å². The molecule has 0 aliphatic carbocycles. The average Bonchev–Trinajstić information content (AvgIpc) is 2.53. The Balaban J connectivity index is 1.86. The van der Waals surface area contributed by atoms with Crippen molar-refractivity contribution in [1.29, 1.82) is 0 Å². The smallest absolute Gasteiger partial charge is 0.237 e. The molecule has 1 saturated heterocycles. The van der Waals surface area contributed by atoms with Crippen LogP contribution in [-0.2, 0) is 16.1 Å². The first kappa shape index (κ1) is 16.5. The lowest BCUT2D eigenvalue weighted by molar-refractivity contribution is -0.129. The predicted octanol–water partition coefficient (Wildman–Crippen LogP) is 1.20. The van der Waals surface area contributed by atoms with Crippen molar-refractivity contribution in [2.75, 3.05) is 13.1 Å². The summed E-state index contributed by atoms with van der Waals surface area (Å²) < 4.78 is 0. The molecule has 1 aromatic carbocycles. The van der Waals surface area contributed by atoms with Crippen LogP contribution in [0.3, 0.4) is 0 Å². The van der Waals surface area contributed by atoms with Crippen molar-refractivity contribution in [3.05, 3.63) is 35.4 Å². The molecule has 1 heterocycles. The molecule has 1 aliphatic heterocycles. The van der Waals surface area contributed by atoms with Gasteiger partial charge >= 0.3 is 0 Å². The van der Waals surface area contributed by atoms with E-state index < -0.39 is 0 Å². The van der Waals surface area contributed by atoms with Gasteiger partial charge in [-0.3, -0.25) is 14.5 Å². The number of nitrogens with one attached hydrogen (secondary N) is 1. The zero-order chi connectivity index (χ0) is 16.1. The Labute approximate surface area is 131 Å². The SMILES string of the molecule is Cc1ccc(CNC(=O)[C@H](C)N2CCC[C@@H](C(N)=O)C2)cc1. The molecule has 2 amide bonds. The van der Waals surface area contributed by atoms with E-state index in [2.05, 4.69) is 5.32 Å². The Morgan fingerprint density at radius 2 is 2.05 bits per heavy atom. The zero-order valence-corrected chi connectivity index (χ0v) is 13.3. The van der Waals surface area contributed by atoms with Gasteiger partial charge in [-0.2, -0.15) is 0 Å². The van der Waals surface area contributed by atoms with Crippen LogP contribution in [0.1, 0.15) is 30.9 Å². The van der Waals surface area contributed by atoms with E-state index in [4.69, 9.17) is 5.73 Å². The van der Waals surface area contributed by atoms with E-state index in [1.807, 2.05) is 43.0 Å². The molecule has 5 nitrogen and oxygen atoms in total. The second kappa shape index (κ2) is 7.40. The molecule has 1 aliphatic rings. The molecule has 2 rings (SSSR count). The molecular weight excluding hydrogens is 278 g/mol. The molecule has 0 aromatic heterocycles. The maximum Gasteiger partial charge on any atom is 0.237 e. The number of primary amides is 1. The summed E-state index contributed by atoms with van der Waals surface area (Å²) in [5.41, 5.74) is 7.67. The highest BCUT2D eigenvalue weighted by Crippen LogP contribution is 2.18. The highest BCUT2D eigenvalue weighted by Gasteiger charge is 2.29. The van der Waals surface area contributed by atoms with Gasteiger partial charge < -0.3 is 11.1 Å². The lowest BCUT2D eigenvalue weighted by Gasteiger charge is -2.34. The Morgan fingerprint density at radius 3 is 2.68 bits per heavy atom. The van der Waals surface area contributed by atoms with Crippen molar-refractivity contribution < 1.29 is 9.59 Å². The van der Waals surface area contributed by atoms with Gasteiger partial charge in [0, 0.05) is 13.1 Å². The van der Waals surface area contributed by atoms with E-state index in [9.17, 15) is 9.59 Å². The van der Waals surface area contributed by atoms with Gasteiger partial charge in [-0.05, 0) is 38.8 Å². The Kier molecular flexibility index (Phi) is 5.55. The fourth-order valence-corrected chi connectivity index (χ4v) is 2.80. The number of nitrogens with two attached hydrogens (primary N) is 1. The van der Waals surface area contributed by atoms with E-state index in [0.717, 1.165) is 24.9 Å². The summed E-state index contributed by atoms with van der Waals surface area (Å²) in [5, 5.41) is 2.96. The second-order valence-corrected chi connectivity index (χ2v) is 6.12. The normalized spacial score (nSPS) is 20.4. The number of rotatable bonds is 5. The van der Waals surface area contributed by atoms with Gasteiger partial charge in [0.15, 0.2) is 0 Å². The van der Waals surface area contributed by atoms with E-state index in [-0.39, 0.29) is 23.8 Å². The second-order valence-electron chi connectivity index (χ2n) is 6.12. The number of amides is 2. The topological polar surface area (TPSA) is 75.4 Å². The molecule has 3 N–H and O–H groups in total. The molecule has 0 unspecified atom stereocenters. The van der Waals surface area contributed by atoms with Crippen LogP contribution in [0.5, 0.6) is 0 Å². The molecular formula is C17H25N3O2. The minimum atomic E-state index is -0.267. The Morgan fingerprint density at radius 1 is 1.36 bits per heavy atom. The minimum Gasteiger partial charge on any atom is -0.369 e. The first-order chi connectivity index (χ1) is 10.5. The third-order valence-corrected chi connectivity index (χ3v) is 4.37. The van der Waals surface area contributed by atoms with Crippen LogP contribution in [0, 0.1) is 12.8 Å². The minimum absolute atomic E-state index is 0.00862. The molecule has 1 fully saturated rings. The third-order valence-electron chi connectivity index (χ3n) is 4.37. The van der Waals surface area contributed by atoms with Crippen molar-refractivity contribution in [2.24, 2.45) is 11.7 Å². The fraction of sp³-hybridized carbons (Fsp3) is 0.529. The number of hydrogen-bond acceptors (Lipinski definition) is 3. The molecule has 1 aromatic rings. The number of carbonyl (C=O) groups is 2. The maximum absolute atomic E-state index is 12.3. The van der Waals surface area contributed by atoms with Gasteiger partial charge in [0.25, 0.3) is 0 Å². The van der Waals surface area contributed by atoms with Crippen LogP contribution in [0.25, 0.3) is 0 Å². The van der Waals surface area contributed by atoms with Crippen molar-refractivity contribution in [2.45, 2.75) is 39.3 Å². The van der Waals surface area contributed by atoms with Gasteiger partial charge in [0.1, 0.15) is 0 Å². The summed E-state index contributed by atoms with van der Waals surface area (Å²) in [5.74, 6) is -0.413. The van der Waals surface area contributed by atoms with E-state index in [1.165, 1.54) is 5.56 Å². The van der Waals surface area contributed by atoms with E-state index in [0.29, 0.717) is 13.1 Å². The third kappa shape index (κ3) is 4.31. The molecule has 0 saturated carbocycles. The van der Waals surface area contributed by atoms with Gasteiger partial charge in [-0.15, -0.1) is 0 Å². The number of benzene rings is 1. The van der Waals surface area contributed by atoms with Gasteiger partial charge in [-0.1, -0.05) is 29.8 Å². The molecule has 0 spiro atoms. The summed E-state index contributed by atoms with van der Waals surface area (Å²) in [6.45, 7) is 5.86. The molecule has 22 heavy (non-hydrogen) atoms. The number of piperidine rings is 1. The molecule has 2 atom stereocenters. The highest BCUT2D eigenvalue weighted by molar-refractivity contribution is 5.81. The van der Waals surface area contributed by atoms with Crippen LogP contribution in [0.2, 0.25) is 0 Å². The van der Waals surface area contributed by atoms with Crippen molar-refractivity contribution in [3.8, 4) is 0 Å². The summed E-state index contributed by atoms with van der Waals surface area (Å²) >= 11 is 0. The summed E-state index contributed by atoms with van der Waals surface area (Å²) in [4.78, 5) is 25.7. The summed E-state index contributed by atoms with van der Waals surface area (Å²) in [6, 6.07) is 7.86. The number of carbonyl (C=O) groups excluding carboxylic acids is 2. The molecule has 0 bridgehead atoms. The van der Waals surface area contributed by atoms with Crippen LogP contribution in [0.15, 0.2) is 24.3 Å². The first-order valence-corrected chi connectivity index (χ1v) is 7.84.